The first-order chi connectivity index (χ1) is 15.3. The molecule has 1 heterocycles. The van der Waals surface area contributed by atoms with Gasteiger partial charge in [-0.15, -0.1) is 0 Å². The average Bonchev–Trinajstić information content (AvgIpc) is 2.71. The van der Waals surface area contributed by atoms with E-state index < -0.39 is 21.3 Å². The minimum Gasteiger partial charge on any atom is -0.490 e. The second-order valence-electron chi connectivity index (χ2n) is 10.4. The molecule has 1 amide bonds. The van der Waals surface area contributed by atoms with Crippen molar-refractivity contribution in [1.29, 1.82) is 0 Å². The average molecular weight is 485 g/mol. The van der Waals surface area contributed by atoms with Crippen LogP contribution in [0, 0.1) is 11.7 Å². The maximum atomic E-state index is 14.2. The molecule has 1 atom stereocenters. The molecule has 7 nitrogen and oxygen atoms in total. The third kappa shape index (κ3) is 7.06. The van der Waals surface area contributed by atoms with E-state index in [1.54, 1.807) is 4.90 Å². The summed E-state index contributed by atoms with van der Waals surface area (Å²) < 4.78 is 48.5. The summed E-state index contributed by atoms with van der Waals surface area (Å²) in [5.41, 5.74) is -0.490. The third-order valence-electron chi connectivity index (χ3n) is 6.42. The summed E-state index contributed by atoms with van der Waals surface area (Å²) in [7, 11) is -3.44. The van der Waals surface area contributed by atoms with Crippen molar-refractivity contribution in [2.75, 3.05) is 32.5 Å². The zero-order valence-electron chi connectivity index (χ0n) is 20.3. The van der Waals surface area contributed by atoms with Gasteiger partial charge in [0.1, 0.15) is 5.60 Å². The van der Waals surface area contributed by atoms with Gasteiger partial charge in [-0.25, -0.2) is 17.6 Å². The molecule has 1 aromatic rings. The molecule has 2 fully saturated rings. The normalized spacial score (nSPS) is 25.0. The molecule has 3 rings (SSSR count). The number of halogens is 1. The zero-order chi connectivity index (χ0) is 24.4. The van der Waals surface area contributed by atoms with Crippen LogP contribution in [0.3, 0.4) is 0 Å². The summed E-state index contributed by atoms with van der Waals surface area (Å²) in [6.45, 7) is 10.4. The van der Waals surface area contributed by atoms with E-state index in [-0.39, 0.29) is 22.8 Å². The van der Waals surface area contributed by atoms with Crippen LogP contribution in [0.15, 0.2) is 23.1 Å². The molecule has 1 aliphatic heterocycles. The molecule has 1 saturated carbocycles. The molecule has 1 aromatic carbocycles. The second kappa shape index (κ2) is 10.2. The van der Waals surface area contributed by atoms with E-state index in [4.69, 9.17) is 9.47 Å². The lowest BCUT2D eigenvalue weighted by atomic mass is 9.85. The fourth-order valence-electron chi connectivity index (χ4n) is 4.69. The summed E-state index contributed by atoms with van der Waals surface area (Å²) in [4.78, 5) is 16.6. The Morgan fingerprint density at radius 3 is 2.36 bits per heavy atom. The molecule has 33 heavy (non-hydrogen) atoms. The van der Waals surface area contributed by atoms with E-state index in [0.29, 0.717) is 31.7 Å². The van der Waals surface area contributed by atoms with Gasteiger partial charge in [-0.3, -0.25) is 4.90 Å². The highest BCUT2D eigenvalue weighted by Crippen LogP contribution is 2.31. The number of ether oxygens (including phenoxy) is 2. The van der Waals surface area contributed by atoms with E-state index >= 15 is 0 Å². The van der Waals surface area contributed by atoms with Crippen LogP contribution in [0.2, 0.25) is 0 Å². The number of sulfone groups is 1. The number of amides is 1. The Balaban J connectivity index is 1.45. The van der Waals surface area contributed by atoms with Crippen LogP contribution in [0.5, 0.6) is 5.75 Å². The van der Waals surface area contributed by atoms with Gasteiger partial charge in [0.2, 0.25) is 0 Å². The Bertz CT molecular complexity index is 939. The molecule has 1 aliphatic carbocycles. The van der Waals surface area contributed by atoms with E-state index in [1.165, 1.54) is 12.1 Å². The fraction of sp³-hybridized carbons (Fsp3) is 0.708. The number of hydrogen-bond acceptors (Lipinski definition) is 6. The smallest absolute Gasteiger partial charge is 0.410 e. The Hall–Kier alpha value is -1.87. The van der Waals surface area contributed by atoms with E-state index in [1.807, 2.05) is 20.8 Å². The Labute approximate surface area is 197 Å². The van der Waals surface area contributed by atoms with Crippen LogP contribution in [0.4, 0.5) is 9.18 Å². The number of piperazine rings is 1. The van der Waals surface area contributed by atoms with Crippen LogP contribution in [-0.4, -0.2) is 74.5 Å². The Kier molecular flexibility index (Phi) is 7.94. The number of rotatable bonds is 5. The van der Waals surface area contributed by atoms with Crippen molar-refractivity contribution in [3.63, 3.8) is 0 Å². The molecular weight excluding hydrogens is 447 g/mol. The number of benzene rings is 1. The predicted octanol–water partition coefficient (Wildman–Crippen LogP) is 4.11. The lowest BCUT2D eigenvalue weighted by molar-refractivity contribution is -0.00838. The van der Waals surface area contributed by atoms with Gasteiger partial charge in [0.25, 0.3) is 0 Å². The van der Waals surface area contributed by atoms with Gasteiger partial charge in [0.15, 0.2) is 21.4 Å². The first-order valence-corrected chi connectivity index (χ1v) is 13.6. The minimum absolute atomic E-state index is 0.0475. The van der Waals surface area contributed by atoms with E-state index in [9.17, 15) is 17.6 Å². The van der Waals surface area contributed by atoms with Gasteiger partial charge in [0.05, 0.1) is 11.5 Å². The maximum absolute atomic E-state index is 14.2. The second-order valence-corrected chi connectivity index (χ2v) is 12.4. The molecule has 0 radical (unpaired) electrons. The van der Waals surface area contributed by atoms with Crippen molar-refractivity contribution >= 4 is 15.9 Å². The molecule has 186 valence electrons. The molecule has 0 bridgehead atoms. The van der Waals surface area contributed by atoms with Crippen molar-refractivity contribution in [2.45, 2.75) is 76.0 Å². The van der Waals surface area contributed by atoms with Gasteiger partial charge < -0.3 is 14.4 Å². The van der Waals surface area contributed by atoms with Crippen LogP contribution >= 0.6 is 0 Å². The van der Waals surface area contributed by atoms with Crippen molar-refractivity contribution < 1.29 is 27.1 Å². The predicted molar refractivity (Wildman–Crippen MR) is 125 cm³/mol. The summed E-state index contributed by atoms with van der Waals surface area (Å²) in [5.74, 6) is -0.215. The fourth-order valence-corrected chi connectivity index (χ4v) is 5.32. The standard InChI is InChI=1S/C24H37FN2O5S/c1-17-15-26(23(28)32-24(2,3)4)12-13-27(17)19-8-6-18(7-9-19)16-31-22-11-10-20(14-21(22)25)33(5,29)30/h10-11,14,17-19H,6-9,12-13,15-16H2,1-5H3/t17-,18?,19?/m1/s1. The SMILES string of the molecule is C[C@@H]1CN(C(=O)OC(C)(C)C)CCN1C1CCC(COc2ccc(S(C)(=O)=O)cc2F)CC1. The topological polar surface area (TPSA) is 76.2 Å². The zero-order valence-corrected chi connectivity index (χ0v) is 21.2. The molecule has 0 spiro atoms. The third-order valence-corrected chi connectivity index (χ3v) is 7.53. The summed E-state index contributed by atoms with van der Waals surface area (Å²) >= 11 is 0. The summed E-state index contributed by atoms with van der Waals surface area (Å²) in [6, 6.07) is 4.53. The number of carbonyl (C=O) groups is 1. The molecule has 0 N–H and O–H groups in total. The quantitative estimate of drug-likeness (QED) is 0.626. The van der Waals surface area contributed by atoms with Crippen LogP contribution in [0.25, 0.3) is 0 Å². The van der Waals surface area contributed by atoms with Crippen LogP contribution < -0.4 is 4.74 Å². The van der Waals surface area contributed by atoms with Gasteiger partial charge in [-0.1, -0.05) is 0 Å². The lowest BCUT2D eigenvalue weighted by Crippen LogP contribution is -2.57. The maximum Gasteiger partial charge on any atom is 0.410 e. The van der Waals surface area contributed by atoms with Crippen molar-refractivity contribution in [3.8, 4) is 5.75 Å². The van der Waals surface area contributed by atoms with Gasteiger partial charge in [-0.05, 0) is 77.5 Å². The summed E-state index contributed by atoms with van der Waals surface area (Å²) in [6.07, 6.45) is 4.88. The summed E-state index contributed by atoms with van der Waals surface area (Å²) in [5, 5.41) is 0. The first kappa shape index (κ1) is 25.7. The Morgan fingerprint density at radius 2 is 1.82 bits per heavy atom. The largest absolute Gasteiger partial charge is 0.490 e. The van der Waals surface area contributed by atoms with Crippen molar-refractivity contribution in [3.05, 3.63) is 24.0 Å². The monoisotopic (exact) mass is 484 g/mol. The number of nitrogens with zero attached hydrogens (tertiary/aromatic N) is 2. The Morgan fingerprint density at radius 1 is 1.15 bits per heavy atom. The van der Waals surface area contributed by atoms with Crippen LogP contribution in [-0.2, 0) is 14.6 Å². The molecule has 1 saturated heterocycles. The number of hydrogen-bond donors (Lipinski definition) is 0. The number of carbonyl (C=O) groups excluding carboxylic acids is 1. The van der Waals surface area contributed by atoms with Crippen molar-refractivity contribution in [2.24, 2.45) is 5.92 Å². The molecular formula is C24H37FN2O5S. The molecule has 2 aliphatic rings. The molecule has 0 unspecified atom stereocenters. The van der Waals surface area contributed by atoms with E-state index in [0.717, 1.165) is 44.6 Å². The minimum atomic E-state index is -3.44. The van der Waals surface area contributed by atoms with Gasteiger partial charge >= 0.3 is 6.09 Å². The lowest BCUT2D eigenvalue weighted by Gasteiger charge is -2.45. The van der Waals surface area contributed by atoms with Crippen molar-refractivity contribution in [1.82, 2.24) is 9.80 Å². The van der Waals surface area contributed by atoms with Gasteiger partial charge in [-0.2, -0.15) is 0 Å². The van der Waals surface area contributed by atoms with Crippen LogP contribution in [0.1, 0.15) is 53.4 Å². The van der Waals surface area contributed by atoms with Gasteiger partial charge in [0, 0.05) is 38.0 Å². The molecule has 0 aromatic heterocycles. The van der Waals surface area contributed by atoms with E-state index in [2.05, 4.69) is 11.8 Å². The highest BCUT2D eigenvalue weighted by molar-refractivity contribution is 7.90. The molecule has 9 heteroatoms. The first-order valence-electron chi connectivity index (χ1n) is 11.7. The highest BCUT2D eigenvalue weighted by atomic mass is 32.2. The highest BCUT2D eigenvalue weighted by Gasteiger charge is 2.35.